The van der Waals surface area contributed by atoms with Gasteiger partial charge in [-0.3, -0.25) is 0 Å². The van der Waals surface area contributed by atoms with E-state index >= 15 is 0 Å². The van der Waals surface area contributed by atoms with Crippen molar-refractivity contribution in [1.29, 1.82) is 0 Å². The first-order valence-corrected chi connectivity index (χ1v) is 27.5. The van der Waals surface area contributed by atoms with Gasteiger partial charge in [-0.1, -0.05) is 287 Å². The summed E-state index contributed by atoms with van der Waals surface area (Å²) in [6.45, 7) is 50.3. The van der Waals surface area contributed by atoms with Gasteiger partial charge in [0.25, 0.3) is 0 Å². The molecule has 0 aliphatic heterocycles. The first-order chi connectivity index (χ1) is 35.0. The van der Waals surface area contributed by atoms with E-state index in [1.165, 1.54) is 40.0 Å². The smallest absolute Gasteiger partial charge is 0.336 e. The highest BCUT2D eigenvalue weighted by Crippen LogP contribution is 2.29. The summed E-state index contributed by atoms with van der Waals surface area (Å²) in [7, 11) is 0. The van der Waals surface area contributed by atoms with Crippen molar-refractivity contribution in [2.45, 2.75) is 188 Å². The summed E-state index contributed by atoms with van der Waals surface area (Å²) in [6.07, 6.45) is 6.48. The van der Waals surface area contributed by atoms with Crippen LogP contribution in [0.3, 0.4) is 0 Å². The summed E-state index contributed by atoms with van der Waals surface area (Å²) in [6, 6.07) is 49.0. The highest BCUT2D eigenvalue weighted by molar-refractivity contribution is 5.89. The van der Waals surface area contributed by atoms with Crippen LogP contribution in [0.25, 0.3) is 34.4 Å². The normalized spacial score (nSPS) is 10.7. The fourth-order valence-electron chi connectivity index (χ4n) is 6.57. The lowest BCUT2D eigenvalue weighted by atomic mass is 9.86. The second kappa shape index (κ2) is 35.8. The monoisotopic (exact) mass is 1000 g/mol. The summed E-state index contributed by atoms with van der Waals surface area (Å²) in [5.41, 5.74) is 12.1. The van der Waals surface area contributed by atoms with Crippen molar-refractivity contribution < 1.29 is 19.1 Å². The minimum atomic E-state index is -0.387. The second-order valence-electron chi connectivity index (χ2n) is 20.0. The number of hydrogen-bond acceptors (Lipinski definition) is 4. The van der Waals surface area contributed by atoms with Crippen molar-refractivity contribution >= 4 is 24.1 Å². The first-order valence-electron chi connectivity index (χ1n) is 27.5. The summed E-state index contributed by atoms with van der Waals surface area (Å²) in [5.74, 6) is 0.317. The Kier molecular flexibility index (Phi) is 33.8. The molecule has 0 unspecified atom stereocenters. The Bertz CT molecular complexity index is 2440. The molecule has 0 amide bonds. The zero-order valence-corrected chi connectivity index (χ0v) is 50.8. The van der Waals surface area contributed by atoms with Crippen molar-refractivity contribution in [2.75, 3.05) is 0 Å². The number of ether oxygens (including phenoxy) is 2. The molecule has 0 aromatic heterocycles. The van der Waals surface area contributed by atoms with Crippen LogP contribution in [-0.4, -0.2) is 11.9 Å². The topological polar surface area (TPSA) is 52.6 Å². The fourth-order valence-corrected chi connectivity index (χ4v) is 6.57. The zero-order valence-electron chi connectivity index (χ0n) is 50.8. The quantitative estimate of drug-likeness (QED) is 0.0866. The van der Waals surface area contributed by atoms with E-state index in [4.69, 9.17) is 9.47 Å². The van der Waals surface area contributed by atoms with Gasteiger partial charge in [0, 0.05) is 12.2 Å². The summed E-state index contributed by atoms with van der Waals surface area (Å²) >= 11 is 0. The maximum atomic E-state index is 12.2. The molecule has 404 valence electrons. The Hall–Kier alpha value is -6.26. The maximum absolute atomic E-state index is 12.2. The van der Waals surface area contributed by atoms with E-state index < -0.39 is 0 Å². The zero-order chi connectivity index (χ0) is 57.3. The van der Waals surface area contributed by atoms with E-state index in [2.05, 4.69) is 156 Å². The number of carbonyl (C=O) groups is 2. The molecule has 0 saturated heterocycles. The molecule has 0 aliphatic carbocycles. The summed E-state index contributed by atoms with van der Waals surface area (Å²) in [5, 5.41) is 0. The second-order valence-corrected chi connectivity index (χ2v) is 20.0. The van der Waals surface area contributed by atoms with Gasteiger partial charge in [-0.25, -0.2) is 9.59 Å². The van der Waals surface area contributed by atoms with Crippen LogP contribution in [0.1, 0.15) is 200 Å². The third-order valence-corrected chi connectivity index (χ3v) is 10.7. The minimum Gasteiger partial charge on any atom is -0.423 e. The van der Waals surface area contributed by atoms with Crippen LogP contribution in [0.2, 0.25) is 0 Å². The van der Waals surface area contributed by atoms with Crippen molar-refractivity contribution in [3.05, 3.63) is 191 Å². The minimum absolute atomic E-state index is 0.0727. The van der Waals surface area contributed by atoms with Crippen LogP contribution < -0.4 is 9.47 Å². The van der Waals surface area contributed by atoms with Crippen molar-refractivity contribution in [2.24, 2.45) is 0 Å². The van der Waals surface area contributed by atoms with Crippen molar-refractivity contribution in [3.63, 3.8) is 0 Å². The molecule has 74 heavy (non-hydrogen) atoms. The Morgan fingerprint density at radius 2 is 0.459 bits per heavy atom. The highest BCUT2D eigenvalue weighted by Gasteiger charge is 2.16. The molecule has 0 fully saturated rings. The maximum Gasteiger partial charge on any atom is 0.336 e. The van der Waals surface area contributed by atoms with Gasteiger partial charge in [0.15, 0.2) is 0 Å². The Balaban J connectivity index is 0. The van der Waals surface area contributed by atoms with E-state index in [0.717, 1.165) is 27.8 Å². The lowest BCUT2D eigenvalue weighted by Gasteiger charge is -2.19. The Morgan fingerprint density at radius 1 is 0.284 bits per heavy atom. The number of rotatable bonds is 8. The van der Waals surface area contributed by atoms with Crippen LogP contribution in [0.5, 0.6) is 11.5 Å². The highest BCUT2D eigenvalue weighted by atomic mass is 16.5. The van der Waals surface area contributed by atoms with Crippen LogP contribution in [0.15, 0.2) is 158 Å². The molecule has 0 spiro atoms. The standard InChI is InChI=1S/2C29H32O2.6C2H6/c1-28(2,3)24-14-7-21(8-15-24)9-20-27(30)31-26-18-12-23(13-19-26)22-10-16-25(17-11-22)29(4,5)6;1-28(2,3)24-14-12-23(13-15-24)22-10-7-21(8-11-22)9-20-27(30)31-26-18-16-25(17-19-26)29(4,5)6;6*1-2/h2*7-20H,1-6H3;6*1-2H3/b2*20-9+;;;;;;. The Labute approximate surface area is 453 Å². The molecule has 0 N–H and O–H groups in total. The lowest BCUT2D eigenvalue weighted by molar-refractivity contribution is -0.129. The van der Waals surface area contributed by atoms with Crippen LogP contribution >= 0.6 is 0 Å². The number of hydrogen-bond donors (Lipinski definition) is 0. The molecule has 0 atom stereocenters. The molecule has 6 aromatic rings. The van der Waals surface area contributed by atoms with Crippen LogP contribution in [0, 0.1) is 0 Å². The molecule has 6 rings (SSSR count). The Morgan fingerprint density at radius 3 is 0.703 bits per heavy atom. The van der Waals surface area contributed by atoms with E-state index in [0.29, 0.717) is 11.5 Å². The van der Waals surface area contributed by atoms with Gasteiger partial charge < -0.3 is 9.47 Å². The average molecular weight is 1010 g/mol. The van der Waals surface area contributed by atoms with Gasteiger partial charge in [0.2, 0.25) is 0 Å². The number of benzene rings is 6. The average Bonchev–Trinajstić information content (AvgIpc) is 3.41. The van der Waals surface area contributed by atoms with Crippen LogP contribution in [-0.2, 0) is 31.2 Å². The van der Waals surface area contributed by atoms with E-state index in [-0.39, 0.29) is 33.6 Å². The number of esters is 2. The van der Waals surface area contributed by atoms with Crippen molar-refractivity contribution in [3.8, 4) is 33.8 Å². The van der Waals surface area contributed by atoms with Crippen LogP contribution in [0.4, 0.5) is 0 Å². The van der Waals surface area contributed by atoms with Gasteiger partial charge in [-0.05, 0) is 114 Å². The predicted molar refractivity (Wildman–Crippen MR) is 329 cm³/mol. The SMILES string of the molecule is CC.CC.CC.CC.CC.CC.CC(C)(C)c1ccc(/C=C/C(=O)Oc2ccc(-c3ccc(C(C)(C)C)cc3)cc2)cc1.CC(C)(C)c1ccc(OC(=O)/C=C/c2ccc(-c3ccc(C(C)(C)C)cc3)cc2)cc1. The summed E-state index contributed by atoms with van der Waals surface area (Å²) < 4.78 is 10.9. The van der Waals surface area contributed by atoms with Crippen molar-refractivity contribution in [1.82, 2.24) is 0 Å². The third kappa shape index (κ3) is 25.6. The third-order valence-electron chi connectivity index (χ3n) is 10.7. The molecule has 0 aliphatic rings. The lowest BCUT2D eigenvalue weighted by Crippen LogP contribution is -2.11. The predicted octanol–water partition coefficient (Wildman–Crippen LogP) is 21.3. The first kappa shape index (κ1) is 69.8. The fraction of sp³-hybridized carbons (Fsp3) is 0.400. The van der Waals surface area contributed by atoms with Gasteiger partial charge in [0.1, 0.15) is 11.5 Å². The van der Waals surface area contributed by atoms with Gasteiger partial charge in [-0.15, -0.1) is 0 Å². The molecule has 0 bridgehead atoms. The van der Waals surface area contributed by atoms with Gasteiger partial charge in [-0.2, -0.15) is 0 Å². The molecule has 4 heteroatoms. The molecular formula is C70H100O4. The summed E-state index contributed by atoms with van der Waals surface area (Å²) in [4.78, 5) is 24.3. The molecule has 0 radical (unpaired) electrons. The van der Waals surface area contributed by atoms with Gasteiger partial charge in [0.05, 0.1) is 0 Å². The molecule has 0 saturated carbocycles. The molecular weight excluding hydrogens is 905 g/mol. The molecule has 4 nitrogen and oxygen atoms in total. The van der Waals surface area contributed by atoms with E-state index in [1.54, 1.807) is 12.2 Å². The largest absolute Gasteiger partial charge is 0.423 e. The van der Waals surface area contributed by atoms with E-state index in [1.807, 2.05) is 156 Å². The molecule has 6 aromatic carbocycles. The van der Waals surface area contributed by atoms with E-state index in [9.17, 15) is 9.59 Å². The number of carbonyl (C=O) groups excluding carboxylic acids is 2. The van der Waals surface area contributed by atoms with Gasteiger partial charge >= 0.3 is 11.9 Å². The molecule has 0 heterocycles.